The van der Waals surface area contributed by atoms with Gasteiger partial charge in [-0.3, -0.25) is 4.79 Å². The van der Waals surface area contributed by atoms with Crippen molar-refractivity contribution < 1.29 is 4.79 Å². The average Bonchev–Trinajstić information content (AvgIpc) is 2.45. The highest BCUT2D eigenvalue weighted by Crippen LogP contribution is 2.31. The Hall–Kier alpha value is -2.35. The highest BCUT2D eigenvalue weighted by molar-refractivity contribution is 6.13. The molecule has 0 saturated carbocycles. The zero-order valence-corrected chi connectivity index (χ0v) is 11.1. The lowest BCUT2D eigenvalue weighted by molar-refractivity contribution is -0.116. The molecule has 0 N–H and O–H groups in total. The van der Waals surface area contributed by atoms with Gasteiger partial charge in [-0.2, -0.15) is 0 Å². The molecule has 0 aliphatic rings. The Bertz CT molecular complexity index is 776. The summed E-state index contributed by atoms with van der Waals surface area (Å²) in [5.74, 6) is 0.0423. The summed E-state index contributed by atoms with van der Waals surface area (Å²) in [7, 11) is 1.81. The van der Waals surface area contributed by atoms with Crippen molar-refractivity contribution in [2.24, 2.45) is 0 Å². The van der Waals surface area contributed by atoms with Gasteiger partial charge in [0, 0.05) is 19.4 Å². The lowest BCUT2D eigenvalue weighted by atomic mass is 10.0. The molecular weight excluding hydrogens is 234 g/mol. The quantitative estimate of drug-likeness (QED) is 0.597. The number of rotatable bonds is 1. The van der Waals surface area contributed by atoms with Gasteiger partial charge in [-0.05, 0) is 22.2 Å². The first-order valence-electron chi connectivity index (χ1n) is 6.33. The maximum atomic E-state index is 11.6. The molecule has 94 valence electrons. The van der Waals surface area contributed by atoms with Gasteiger partial charge in [-0.1, -0.05) is 48.5 Å². The second kappa shape index (κ2) is 4.39. The monoisotopic (exact) mass is 249 g/mol. The Morgan fingerprint density at radius 1 is 0.842 bits per heavy atom. The molecule has 0 aliphatic heterocycles. The van der Waals surface area contributed by atoms with Crippen molar-refractivity contribution in [1.82, 2.24) is 0 Å². The van der Waals surface area contributed by atoms with Gasteiger partial charge in [0.1, 0.15) is 0 Å². The predicted molar refractivity (Wildman–Crippen MR) is 80.5 cm³/mol. The Labute approximate surface area is 112 Å². The van der Waals surface area contributed by atoms with Crippen LogP contribution in [0, 0.1) is 0 Å². The molecule has 2 heteroatoms. The van der Waals surface area contributed by atoms with Crippen molar-refractivity contribution in [3.63, 3.8) is 0 Å². The van der Waals surface area contributed by atoms with Crippen LogP contribution in [0.2, 0.25) is 0 Å². The van der Waals surface area contributed by atoms with Gasteiger partial charge in [0.15, 0.2) is 0 Å². The van der Waals surface area contributed by atoms with E-state index in [1.165, 1.54) is 16.2 Å². The summed E-state index contributed by atoms with van der Waals surface area (Å²) in [6, 6.07) is 18.6. The fourth-order valence-electron chi connectivity index (χ4n) is 2.49. The summed E-state index contributed by atoms with van der Waals surface area (Å²) in [4.78, 5) is 13.3. The van der Waals surface area contributed by atoms with Crippen LogP contribution in [0.15, 0.2) is 54.6 Å². The smallest absolute Gasteiger partial charge is 0.223 e. The van der Waals surface area contributed by atoms with E-state index < -0.39 is 0 Å². The minimum absolute atomic E-state index is 0.0423. The first kappa shape index (κ1) is 11.7. The Kier molecular flexibility index (Phi) is 2.71. The van der Waals surface area contributed by atoms with E-state index >= 15 is 0 Å². The topological polar surface area (TPSA) is 20.3 Å². The summed E-state index contributed by atoms with van der Waals surface area (Å²) in [6.07, 6.45) is 0. The molecule has 0 heterocycles. The SMILES string of the molecule is CC(=O)N(C)c1cccc2c1ccc1ccccc12. The van der Waals surface area contributed by atoms with Crippen molar-refractivity contribution in [1.29, 1.82) is 0 Å². The molecule has 0 fully saturated rings. The molecule has 2 nitrogen and oxygen atoms in total. The second-order valence-electron chi connectivity index (χ2n) is 4.74. The van der Waals surface area contributed by atoms with E-state index in [0.29, 0.717) is 0 Å². The molecule has 3 aromatic carbocycles. The minimum atomic E-state index is 0.0423. The highest BCUT2D eigenvalue weighted by Gasteiger charge is 2.10. The van der Waals surface area contributed by atoms with Crippen molar-refractivity contribution in [2.75, 3.05) is 11.9 Å². The minimum Gasteiger partial charge on any atom is -0.315 e. The van der Waals surface area contributed by atoms with Crippen LogP contribution in [0.1, 0.15) is 6.92 Å². The number of amides is 1. The first-order valence-corrected chi connectivity index (χ1v) is 6.33. The summed E-state index contributed by atoms with van der Waals surface area (Å²) >= 11 is 0. The predicted octanol–water partition coefficient (Wildman–Crippen LogP) is 3.98. The van der Waals surface area contributed by atoms with Gasteiger partial charge < -0.3 is 4.90 Å². The highest BCUT2D eigenvalue weighted by atomic mass is 16.2. The second-order valence-corrected chi connectivity index (χ2v) is 4.74. The average molecular weight is 249 g/mol. The largest absolute Gasteiger partial charge is 0.315 e. The maximum absolute atomic E-state index is 11.6. The zero-order chi connectivity index (χ0) is 13.4. The number of hydrogen-bond donors (Lipinski definition) is 0. The molecule has 3 rings (SSSR count). The zero-order valence-electron chi connectivity index (χ0n) is 11.1. The molecule has 0 aromatic heterocycles. The maximum Gasteiger partial charge on any atom is 0.223 e. The molecule has 19 heavy (non-hydrogen) atoms. The fourth-order valence-corrected chi connectivity index (χ4v) is 2.49. The van der Waals surface area contributed by atoms with E-state index in [0.717, 1.165) is 11.1 Å². The molecule has 0 saturated heterocycles. The fraction of sp³-hybridized carbons (Fsp3) is 0.118. The lowest BCUT2D eigenvalue weighted by Crippen LogP contribution is -2.22. The van der Waals surface area contributed by atoms with Gasteiger partial charge in [-0.15, -0.1) is 0 Å². The van der Waals surface area contributed by atoms with Crippen LogP contribution in [0.4, 0.5) is 5.69 Å². The summed E-state index contributed by atoms with van der Waals surface area (Å²) < 4.78 is 0. The number of hydrogen-bond acceptors (Lipinski definition) is 1. The Balaban J connectivity index is 2.38. The van der Waals surface area contributed by atoms with Gasteiger partial charge in [0.25, 0.3) is 0 Å². The van der Waals surface area contributed by atoms with Gasteiger partial charge >= 0.3 is 0 Å². The normalized spacial score (nSPS) is 10.8. The molecule has 0 unspecified atom stereocenters. The van der Waals surface area contributed by atoms with Crippen molar-refractivity contribution in [2.45, 2.75) is 6.92 Å². The molecule has 0 atom stereocenters. The standard InChI is InChI=1S/C17H15NO/c1-12(19)18(2)17-9-5-8-15-14-7-4-3-6-13(14)10-11-16(15)17/h3-11H,1-2H3. The molecule has 1 amide bonds. The van der Waals surface area contributed by atoms with Crippen molar-refractivity contribution in [3.05, 3.63) is 54.6 Å². The van der Waals surface area contributed by atoms with Gasteiger partial charge in [0.2, 0.25) is 5.91 Å². The molecule has 0 bridgehead atoms. The van der Waals surface area contributed by atoms with E-state index in [1.54, 1.807) is 11.8 Å². The number of benzene rings is 3. The first-order chi connectivity index (χ1) is 9.18. The van der Waals surface area contributed by atoms with Crippen LogP contribution in [0.3, 0.4) is 0 Å². The lowest BCUT2D eigenvalue weighted by Gasteiger charge is -2.18. The van der Waals surface area contributed by atoms with Crippen LogP contribution in [-0.2, 0) is 4.79 Å². The van der Waals surface area contributed by atoms with Crippen LogP contribution < -0.4 is 4.90 Å². The third-order valence-corrected chi connectivity index (χ3v) is 3.60. The summed E-state index contributed by atoms with van der Waals surface area (Å²) in [6.45, 7) is 1.58. The summed E-state index contributed by atoms with van der Waals surface area (Å²) in [5, 5.41) is 4.74. The van der Waals surface area contributed by atoms with Crippen LogP contribution in [0.5, 0.6) is 0 Å². The third-order valence-electron chi connectivity index (χ3n) is 3.60. The molecule has 0 aliphatic carbocycles. The van der Waals surface area contributed by atoms with Crippen LogP contribution in [-0.4, -0.2) is 13.0 Å². The van der Waals surface area contributed by atoms with Gasteiger partial charge in [-0.25, -0.2) is 0 Å². The Morgan fingerprint density at radius 3 is 2.37 bits per heavy atom. The van der Waals surface area contributed by atoms with Crippen molar-refractivity contribution >= 4 is 33.1 Å². The molecular formula is C17H15NO. The number of carbonyl (C=O) groups excluding carboxylic acids is 1. The third kappa shape index (κ3) is 1.85. The molecule has 0 spiro atoms. The number of carbonyl (C=O) groups is 1. The van der Waals surface area contributed by atoms with E-state index in [1.807, 2.05) is 31.3 Å². The number of nitrogens with zero attached hydrogens (tertiary/aromatic N) is 1. The van der Waals surface area contributed by atoms with Crippen LogP contribution in [0.25, 0.3) is 21.5 Å². The number of anilines is 1. The Morgan fingerprint density at radius 2 is 1.58 bits per heavy atom. The van der Waals surface area contributed by atoms with Gasteiger partial charge in [0.05, 0.1) is 5.69 Å². The molecule has 0 radical (unpaired) electrons. The number of fused-ring (bicyclic) bond motifs is 3. The van der Waals surface area contributed by atoms with E-state index in [-0.39, 0.29) is 5.91 Å². The van der Waals surface area contributed by atoms with Crippen molar-refractivity contribution in [3.8, 4) is 0 Å². The molecule has 3 aromatic rings. The van der Waals surface area contributed by atoms with E-state index in [4.69, 9.17) is 0 Å². The van der Waals surface area contributed by atoms with E-state index in [2.05, 4.69) is 30.3 Å². The van der Waals surface area contributed by atoms with Crippen LogP contribution >= 0.6 is 0 Å². The summed E-state index contributed by atoms with van der Waals surface area (Å²) in [5.41, 5.74) is 0.954. The van der Waals surface area contributed by atoms with E-state index in [9.17, 15) is 4.79 Å².